The van der Waals surface area contributed by atoms with Gasteiger partial charge in [-0.1, -0.05) is 312 Å². The van der Waals surface area contributed by atoms with Gasteiger partial charge in [-0.2, -0.15) is 0 Å². The van der Waals surface area contributed by atoms with Crippen LogP contribution in [0, 0.1) is 17.8 Å². The molecule has 540 valence electrons. The maximum Gasteiger partial charge on any atom is 0.472 e. The number of hydrogen-bond donors (Lipinski definition) is 3. The van der Waals surface area contributed by atoms with Crippen molar-refractivity contribution in [3.05, 3.63) is 0 Å². The lowest BCUT2D eigenvalue weighted by Crippen LogP contribution is -2.30. The highest BCUT2D eigenvalue weighted by atomic mass is 31.2. The highest BCUT2D eigenvalue weighted by Gasteiger charge is 2.30. The number of hydrogen-bond acceptors (Lipinski definition) is 15. The number of rotatable bonds is 70. The second-order valence-electron chi connectivity index (χ2n) is 27.2. The standard InChI is InChI=1S/C72H140O17P2/c1-8-10-11-12-13-24-31-39-46-53-69(74)82-60-68(89-72(77)56-49-42-35-34-38-45-52-65(7)9-2)62-87-91(80,81)85-58-66(73)57-84-90(78,79)86-61-67(59-83-70(75)54-47-40-32-27-23-19-21-26-30-37-44-51-64(5)6)88-71(76)55-48-41-33-28-22-18-16-14-15-17-20-25-29-36-43-50-63(3)4/h63-68,73H,8-62H2,1-7H3,(H,78,79)(H,80,81)/t65?,66-,67-,68-/m1/s1. The Morgan fingerprint density at radius 3 is 0.835 bits per heavy atom. The topological polar surface area (TPSA) is 237 Å². The molecule has 0 aliphatic heterocycles. The summed E-state index contributed by atoms with van der Waals surface area (Å²) in [5.74, 6) is 0.167. The highest BCUT2D eigenvalue weighted by Crippen LogP contribution is 2.45. The molecule has 0 aromatic heterocycles. The van der Waals surface area contributed by atoms with Gasteiger partial charge in [0, 0.05) is 25.7 Å². The monoisotopic (exact) mass is 1340 g/mol. The second kappa shape index (κ2) is 62.8. The average Bonchev–Trinajstić information content (AvgIpc) is 2.69. The van der Waals surface area contributed by atoms with E-state index in [1.54, 1.807) is 0 Å². The Morgan fingerprint density at radius 2 is 0.560 bits per heavy atom. The number of carbonyl (C=O) groups is 4. The third kappa shape index (κ3) is 65.1. The Bertz CT molecular complexity index is 1790. The van der Waals surface area contributed by atoms with Crippen molar-refractivity contribution in [3.8, 4) is 0 Å². The van der Waals surface area contributed by atoms with Gasteiger partial charge in [-0.05, 0) is 43.4 Å². The van der Waals surface area contributed by atoms with Crippen LogP contribution in [0.2, 0.25) is 0 Å². The summed E-state index contributed by atoms with van der Waals surface area (Å²) in [6, 6.07) is 0. The lowest BCUT2D eigenvalue weighted by atomic mass is 10.00. The van der Waals surface area contributed by atoms with Gasteiger partial charge in [-0.15, -0.1) is 0 Å². The molecule has 0 aromatic rings. The van der Waals surface area contributed by atoms with E-state index in [-0.39, 0.29) is 25.7 Å². The summed E-state index contributed by atoms with van der Waals surface area (Å²) in [6.07, 6.45) is 47.2. The molecule has 0 saturated carbocycles. The molecule has 0 fully saturated rings. The minimum Gasteiger partial charge on any atom is -0.462 e. The van der Waals surface area contributed by atoms with Gasteiger partial charge in [0.2, 0.25) is 0 Å². The summed E-state index contributed by atoms with van der Waals surface area (Å²) in [5.41, 5.74) is 0. The third-order valence-electron chi connectivity index (χ3n) is 17.0. The molecule has 17 nitrogen and oxygen atoms in total. The van der Waals surface area contributed by atoms with Crippen molar-refractivity contribution in [3.63, 3.8) is 0 Å². The van der Waals surface area contributed by atoms with Gasteiger partial charge in [-0.25, -0.2) is 9.13 Å². The van der Waals surface area contributed by atoms with Crippen LogP contribution >= 0.6 is 15.6 Å². The molecule has 0 rings (SSSR count). The number of phosphoric ester groups is 2. The van der Waals surface area contributed by atoms with Gasteiger partial charge < -0.3 is 33.8 Å². The molecule has 19 heteroatoms. The molecule has 3 N–H and O–H groups in total. The van der Waals surface area contributed by atoms with E-state index in [1.807, 2.05) is 0 Å². The summed E-state index contributed by atoms with van der Waals surface area (Å²) in [6.45, 7) is 11.8. The number of ether oxygens (including phenoxy) is 4. The SMILES string of the molecule is CCCCCCCCCCCC(=O)OC[C@H](COP(=O)(O)OC[C@H](O)COP(=O)(O)OC[C@@H](COC(=O)CCCCCCCCCCCCCC(C)C)OC(=O)CCCCCCCCCCCCCCCCCC(C)C)OC(=O)CCCCCCCCC(C)CC. The first-order chi connectivity index (χ1) is 43.8. The summed E-state index contributed by atoms with van der Waals surface area (Å²) in [7, 11) is -9.90. The van der Waals surface area contributed by atoms with Crippen molar-refractivity contribution in [2.75, 3.05) is 39.6 Å². The summed E-state index contributed by atoms with van der Waals surface area (Å²) >= 11 is 0. The highest BCUT2D eigenvalue weighted by molar-refractivity contribution is 7.47. The smallest absolute Gasteiger partial charge is 0.462 e. The van der Waals surface area contributed by atoms with Crippen molar-refractivity contribution in [2.45, 2.75) is 381 Å². The predicted octanol–water partition coefficient (Wildman–Crippen LogP) is 20.6. The number of phosphoric acid groups is 2. The van der Waals surface area contributed by atoms with Crippen LogP contribution < -0.4 is 0 Å². The van der Waals surface area contributed by atoms with Gasteiger partial charge in [-0.3, -0.25) is 37.3 Å². The van der Waals surface area contributed by atoms with Crippen LogP contribution in [0.5, 0.6) is 0 Å². The molecular weight excluding hydrogens is 1200 g/mol. The molecule has 91 heavy (non-hydrogen) atoms. The van der Waals surface area contributed by atoms with E-state index in [1.165, 1.54) is 173 Å². The third-order valence-corrected chi connectivity index (χ3v) is 18.9. The Balaban J connectivity index is 5.22. The van der Waals surface area contributed by atoms with E-state index in [0.717, 1.165) is 108 Å². The Morgan fingerprint density at radius 1 is 0.319 bits per heavy atom. The first kappa shape index (κ1) is 89.1. The fourth-order valence-corrected chi connectivity index (χ4v) is 12.4. The number of aliphatic hydroxyl groups is 1. The zero-order valence-electron chi connectivity index (χ0n) is 59.3. The van der Waals surface area contributed by atoms with E-state index in [2.05, 4.69) is 48.5 Å². The van der Waals surface area contributed by atoms with E-state index >= 15 is 0 Å². The van der Waals surface area contributed by atoms with E-state index in [9.17, 15) is 43.2 Å². The zero-order valence-corrected chi connectivity index (χ0v) is 61.1. The number of unbranched alkanes of at least 4 members (excludes halogenated alkanes) is 37. The molecule has 0 aliphatic rings. The number of aliphatic hydroxyl groups excluding tert-OH is 1. The minimum atomic E-state index is -4.95. The van der Waals surface area contributed by atoms with Gasteiger partial charge in [0.25, 0.3) is 0 Å². The van der Waals surface area contributed by atoms with Crippen molar-refractivity contribution in [1.82, 2.24) is 0 Å². The second-order valence-corrected chi connectivity index (χ2v) is 30.1. The number of carbonyl (C=O) groups excluding carboxylic acids is 4. The Kier molecular flexibility index (Phi) is 61.5. The normalized spacial score (nSPS) is 14.5. The molecule has 0 spiro atoms. The first-order valence-electron chi connectivity index (χ1n) is 37.4. The maximum absolute atomic E-state index is 13.0. The fraction of sp³-hybridized carbons (Fsp3) is 0.944. The quantitative estimate of drug-likeness (QED) is 0.0222. The summed E-state index contributed by atoms with van der Waals surface area (Å²) in [4.78, 5) is 72.6. The van der Waals surface area contributed by atoms with E-state index < -0.39 is 97.5 Å². The fourth-order valence-electron chi connectivity index (χ4n) is 10.9. The first-order valence-corrected chi connectivity index (χ1v) is 40.4. The summed E-state index contributed by atoms with van der Waals surface area (Å²) in [5, 5.41) is 10.6. The molecule has 0 saturated heterocycles. The molecule has 0 aliphatic carbocycles. The van der Waals surface area contributed by atoms with Crippen LogP contribution in [0.1, 0.15) is 363 Å². The van der Waals surface area contributed by atoms with Crippen molar-refractivity contribution in [2.24, 2.45) is 17.8 Å². The van der Waals surface area contributed by atoms with Crippen LogP contribution in [0.4, 0.5) is 0 Å². The van der Waals surface area contributed by atoms with E-state index in [4.69, 9.17) is 37.0 Å². The molecule has 0 heterocycles. The lowest BCUT2D eigenvalue weighted by Gasteiger charge is -2.21. The molecular formula is C72H140O17P2. The van der Waals surface area contributed by atoms with Crippen LogP contribution in [-0.2, 0) is 65.4 Å². The molecule has 3 unspecified atom stereocenters. The van der Waals surface area contributed by atoms with Crippen LogP contribution in [0.3, 0.4) is 0 Å². The van der Waals surface area contributed by atoms with Gasteiger partial charge in [0.05, 0.1) is 26.4 Å². The van der Waals surface area contributed by atoms with Crippen LogP contribution in [0.15, 0.2) is 0 Å². The van der Waals surface area contributed by atoms with E-state index in [0.29, 0.717) is 25.7 Å². The minimum absolute atomic E-state index is 0.103. The molecule has 0 aromatic carbocycles. The molecule has 6 atom stereocenters. The molecule has 0 amide bonds. The summed E-state index contributed by atoms with van der Waals surface area (Å²) < 4.78 is 68.3. The molecule has 0 bridgehead atoms. The largest absolute Gasteiger partial charge is 0.472 e. The number of esters is 4. The van der Waals surface area contributed by atoms with Crippen molar-refractivity contribution >= 4 is 39.5 Å². The molecule has 0 radical (unpaired) electrons. The van der Waals surface area contributed by atoms with Crippen LogP contribution in [0.25, 0.3) is 0 Å². The van der Waals surface area contributed by atoms with Crippen LogP contribution in [-0.4, -0.2) is 96.7 Å². The average molecular weight is 1340 g/mol. The maximum atomic E-state index is 13.0. The van der Waals surface area contributed by atoms with Gasteiger partial charge in [0.15, 0.2) is 12.2 Å². The zero-order chi connectivity index (χ0) is 67.3. The van der Waals surface area contributed by atoms with Crippen molar-refractivity contribution in [1.29, 1.82) is 0 Å². The Labute approximate surface area is 556 Å². The lowest BCUT2D eigenvalue weighted by molar-refractivity contribution is -0.161. The van der Waals surface area contributed by atoms with Gasteiger partial charge >= 0.3 is 39.5 Å². The predicted molar refractivity (Wildman–Crippen MR) is 368 cm³/mol. The Hall–Kier alpha value is -1.94. The van der Waals surface area contributed by atoms with Gasteiger partial charge in [0.1, 0.15) is 19.3 Å². The van der Waals surface area contributed by atoms with Crippen molar-refractivity contribution < 1.29 is 80.2 Å².